The summed E-state index contributed by atoms with van der Waals surface area (Å²) in [5, 5.41) is 7.83. The van der Waals surface area contributed by atoms with E-state index in [1.807, 2.05) is 80.7 Å². The zero-order valence-electron chi connectivity index (χ0n) is 19.6. The molecule has 3 aromatic carbocycles. The molecule has 8 heteroatoms. The number of benzene rings is 3. The number of amides is 2. The Morgan fingerprint density at radius 2 is 1.48 bits per heavy atom. The number of rotatable bonds is 9. The van der Waals surface area contributed by atoms with Crippen molar-refractivity contribution in [2.45, 2.75) is 6.92 Å². The molecule has 0 radical (unpaired) electrons. The van der Waals surface area contributed by atoms with Gasteiger partial charge in [0.2, 0.25) is 0 Å². The van der Waals surface area contributed by atoms with Crippen molar-refractivity contribution in [2.75, 3.05) is 55.6 Å². The number of urea groups is 1. The normalized spacial score (nSPS) is 10.3. The molecular formula is C25H30N4O4. The van der Waals surface area contributed by atoms with Crippen LogP contribution in [-0.4, -0.2) is 41.1 Å². The minimum atomic E-state index is -0.263. The van der Waals surface area contributed by atoms with E-state index in [0.717, 1.165) is 22.7 Å². The summed E-state index contributed by atoms with van der Waals surface area (Å²) in [5.74, 6) is 1.36. The number of hydrogen-bond donors (Lipinski definition) is 2. The molecule has 174 valence electrons. The maximum Gasteiger partial charge on any atom is 0.326 e. The van der Waals surface area contributed by atoms with Gasteiger partial charge in [-0.3, -0.25) is 14.8 Å². The first-order valence-electron chi connectivity index (χ1n) is 10.5. The van der Waals surface area contributed by atoms with Crippen LogP contribution >= 0.6 is 0 Å². The molecular weight excluding hydrogens is 420 g/mol. The Kier molecular flexibility index (Phi) is 7.99. The van der Waals surface area contributed by atoms with E-state index >= 15 is 0 Å². The highest BCUT2D eigenvalue weighted by molar-refractivity contribution is 6.02. The smallest absolute Gasteiger partial charge is 0.326 e. The van der Waals surface area contributed by atoms with Crippen molar-refractivity contribution in [3.8, 4) is 11.5 Å². The molecule has 0 bridgehead atoms. The van der Waals surface area contributed by atoms with E-state index in [2.05, 4.69) is 10.6 Å². The summed E-state index contributed by atoms with van der Waals surface area (Å²) in [5.41, 5.74) is 4.08. The van der Waals surface area contributed by atoms with Crippen molar-refractivity contribution in [3.63, 3.8) is 0 Å². The third kappa shape index (κ3) is 5.87. The van der Waals surface area contributed by atoms with Gasteiger partial charge >= 0.3 is 6.03 Å². The second kappa shape index (κ2) is 11.1. The van der Waals surface area contributed by atoms with Crippen LogP contribution in [0.15, 0.2) is 66.7 Å². The van der Waals surface area contributed by atoms with E-state index in [0.29, 0.717) is 17.1 Å². The van der Waals surface area contributed by atoms with Crippen molar-refractivity contribution in [2.24, 2.45) is 0 Å². The van der Waals surface area contributed by atoms with Gasteiger partial charge in [0, 0.05) is 25.5 Å². The lowest BCUT2D eigenvalue weighted by atomic mass is 10.2. The van der Waals surface area contributed by atoms with E-state index in [-0.39, 0.29) is 12.8 Å². The van der Waals surface area contributed by atoms with Crippen molar-refractivity contribution in [1.29, 1.82) is 0 Å². The molecule has 2 N–H and O–H groups in total. The van der Waals surface area contributed by atoms with Gasteiger partial charge in [-0.25, -0.2) is 4.79 Å². The zero-order valence-corrected chi connectivity index (χ0v) is 19.6. The molecule has 0 atom stereocenters. The Hall–Kier alpha value is -3.91. The predicted octanol–water partition coefficient (Wildman–Crippen LogP) is 5.12. The number of para-hydroxylation sites is 4. The molecule has 0 heterocycles. The molecule has 33 heavy (non-hydrogen) atoms. The standard InChI is InChI=1S/C25H30N4O4/c1-18-16-19(27-25(30)28(2)21-10-6-8-12-23(21)31-4)14-15-20(18)26-17-33-29(3)22-11-7-9-13-24(22)32-5/h6-16,26H,17H2,1-5H3,(H,27,30). The fourth-order valence-electron chi connectivity index (χ4n) is 3.33. The molecule has 0 unspecified atom stereocenters. The topological polar surface area (TPSA) is 75.3 Å². The summed E-state index contributed by atoms with van der Waals surface area (Å²) in [6.07, 6.45) is 0. The maximum absolute atomic E-state index is 12.7. The summed E-state index contributed by atoms with van der Waals surface area (Å²) in [7, 11) is 6.73. The average molecular weight is 451 g/mol. The van der Waals surface area contributed by atoms with Gasteiger partial charge in [-0.2, -0.15) is 0 Å². The molecule has 0 aromatic heterocycles. The third-order valence-corrected chi connectivity index (χ3v) is 5.17. The van der Waals surface area contributed by atoms with Crippen LogP contribution < -0.4 is 30.1 Å². The van der Waals surface area contributed by atoms with Crippen LogP contribution in [0.1, 0.15) is 5.56 Å². The van der Waals surface area contributed by atoms with E-state index < -0.39 is 0 Å². The average Bonchev–Trinajstić information content (AvgIpc) is 2.84. The number of ether oxygens (including phenoxy) is 2. The lowest BCUT2D eigenvalue weighted by Crippen LogP contribution is -2.31. The molecule has 8 nitrogen and oxygen atoms in total. The van der Waals surface area contributed by atoms with Gasteiger partial charge in [0.05, 0.1) is 19.9 Å². The number of carbonyl (C=O) groups excluding carboxylic acids is 1. The van der Waals surface area contributed by atoms with Gasteiger partial charge < -0.3 is 20.1 Å². The van der Waals surface area contributed by atoms with Crippen LogP contribution in [0.3, 0.4) is 0 Å². The molecule has 3 rings (SSSR count). The number of nitrogens with zero attached hydrogens (tertiary/aromatic N) is 2. The molecule has 0 aliphatic heterocycles. The SMILES string of the molecule is COc1ccccc1N(C)OCNc1ccc(NC(=O)N(C)c2ccccc2OC)cc1C. The van der Waals surface area contributed by atoms with Crippen molar-refractivity contribution >= 4 is 28.8 Å². The number of hydroxylamine groups is 1. The minimum absolute atomic E-state index is 0.262. The van der Waals surface area contributed by atoms with Crippen molar-refractivity contribution in [3.05, 3.63) is 72.3 Å². The first kappa shape index (κ1) is 23.7. The van der Waals surface area contributed by atoms with Crippen LogP contribution in [0.5, 0.6) is 11.5 Å². The molecule has 2 amide bonds. The largest absolute Gasteiger partial charge is 0.495 e. The van der Waals surface area contributed by atoms with Crippen LogP contribution in [0.25, 0.3) is 0 Å². The van der Waals surface area contributed by atoms with Gasteiger partial charge in [-0.1, -0.05) is 24.3 Å². The number of methoxy groups -OCH3 is 2. The molecule has 0 saturated heterocycles. The van der Waals surface area contributed by atoms with Crippen LogP contribution in [0.4, 0.5) is 27.5 Å². The monoisotopic (exact) mass is 450 g/mol. The first-order valence-corrected chi connectivity index (χ1v) is 10.5. The van der Waals surface area contributed by atoms with E-state index in [4.69, 9.17) is 14.3 Å². The van der Waals surface area contributed by atoms with Gasteiger partial charge in [0.25, 0.3) is 0 Å². The number of anilines is 4. The Labute approximate surface area is 194 Å². The molecule has 0 fully saturated rings. The number of aryl methyl sites for hydroxylation is 1. The highest BCUT2D eigenvalue weighted by atomic mass is 16.7. The van der Waals surface area contributed by atoms with E-state index in [1.54, 1.807) is 26.3 Å². The Bertz CT molecular complexity index is 1090. The van der Waals surface area contributed by atoms with E-state index in [9.17, 15) is 4.79 Å². The van der Waals surface area contributed by atoms with Gasteiger partial charge in [0.1, 0.15) is 23.9 Å². The summed E-state index contributed by atoms with van der Waals surface area (Å²) < 4.78 is 10.7. The number of nitrogens with one attached hydrogen (secondary N) is 2. The van der Waals surface area contributed by atoms with Crippen LogP contribution in [0.2, 0.25) is 0 Å². The maximum atomic E-state index is 12.7. The Balaban J connectivity index is 1.58. The zero-order chi connectivity index (χ0) is 23.8. The fraction of sp³-hybridized carbons (Fsp3) is 0.240. The highest BCUT2D eigenvalue weighted by Crippen LogP contribution is 2.28. The summed E-state index contributed by atoms with van der Waals surface area (Å²) >= 11 is 0. The highest BCUT2D eigenvalue weighted by Gasteiger charge is 2.15. The quantitative estimate of drug-likeness (QED) is 0.348. The second-order valence-electron chi connectivity index (χ2n) is 7.31. The minimum Gasteiger partial charge on any atom is -0.495 e. The summed E-state index contributed by atoms with van der Waals surface area (Å²) in [4.78, 5) is 20.0. The Morgan fingerprint density at radius 1 is 0.879 bits per heavy atom. The summed E-state index contributed by atoms with van der Waals surface area (Å²) in [6, 6.07) is 20.4. The van der Waals surface area contributed by atoms with Crippen LogP contribution in [-0.2, 0) is 4.84 Å². The van der Waals surface area contributed by atoms with Gasteiger partial charge in [-0.15, -0.1) is 0 Å². The summed E-state index contributed by atoms with van der Waals surface area (Å²) in [6.45, 7) is 2.23. The Morgan fingerprint density at radius 3 is 2.12 bits per heavy atom. The molecule has 3 aromatic rings. The van der Waals surface area contributed by atoms with Crippen molar-refractivity contribution < 1.29 is 19.1 Å². The second-order valence-corrected chi connectivity index (χ2v) is 7.31. The molecule has 0 aliphatic rings. The fourth-order valence-corrected chi connectivity index (χ4v) is 3.33. The lowest BCUT2D eigenvalue weighted by Gasteiger charge is -2.22. The number of hydrogen-bond acceptors (Lipinski definition) is 6. The number of carbonyl (C=O) groups is 1. The van der Waals surface area contributed by atoms with Crippen LogP contribution in [0, 0.1) is 6.92 Å². The van der Waals surface area contributed by atoms with E-state index in [1.165, 1.54) is 4.90 Å². The lowest BCUT2D eigenvalue weighted by molar-refractivity contribution is 0.138. The third-order valence-electron chi connectivity index (χ3n) is 5.17. The molecule has 0 spiro atoms. The predicted molar refractivity (Wildman–Crippen MR) is 133 cm³/mol. The van der Waals surface area contributed by atoms with Gasteiger partial charge in [0.15, 0.2) is 0 Å². The molecule has 0 saturated carbocycles. The van der Waals surface area contributed by atoms with Gasteiger partial charge in [-0.05, 0) is 55.0 Å². The molecule has 0 aliphatic carbocycles. The first-order chi connectivity index (χ1) is 15.9. The van der Waals surface area contributed by atoms with Crippen molar-refractivity contribution in [1.82, 2.24) is 0 Å².